The lowest BCUT2D eigenvalue weighted by Gasteiger charge is -2.48. The van der Waals surface area contributed by atoms with Gasteiger partial charge in [0.05, 0.1) is 19.3 Å². The molecular formula is C19H27FNO4P. The largest absolute Gasteiger partial charge is 0.343 e. The Morgan fingerprint density at radius 3 is 2.46 bits per heavy atom. The van der Waals surface area contributed by atoms with Gasteiger partial charge < -0.3 is 13.9 Å². The molecule has 26 heavy (non-hydrogen) atoms. The summed E-state index contributed by atoms with van der Waals surface area (Å²) in [6, 6.07) is 6.35. The van der Waals surface area contributed by atoms with Gasteiger partial charge in [-0.2, -0.15) is 0 Å². The van der Waals surface area contributed by atoms with E-state index in [0.717, 1.165) is 19.3 Å². The van der Waals surface area contributed by atoms with E-state index in [1.807, 2.05) is 0 Å². The fourth-order valence-electron chi connectivity index (χ4n) is 4.26. The van der Waals surface area contributed by atoms with Crippen molar-refractivity contribution in [3.63, 3.8) is 0 Å². The maximum Gasteiger partial charge on any atom is 0.343 e. The fraction of sp³-hybridized carbons (Fsp3) is 0.632. The van der Waals surface area contributed by atoms with Crippen molar-refractivity contribution in [3.8, 4) is 0 Å². The number of carbonyl (C=O) groups excluding carboxylic acids is 1. The summed E-state index contributed by atoms with van der Waals surface area (Å²) in [4.78, 5) is 15.1. The van der Waals surface area contributed by atoms with Crippen molar-refractivity contribution in [2.75, 3.05) is 13.2 Å². The quantitative estimate of drug-likeness (QED) is 0.670. The second kappa shape index (κ2) is 8.20. The second-order valence-corrected chi connectivity index (χ2v) is 9.06. The number of hydrogen-bond acceptors (Lipinski definition) is 4. The van der Waals surface area contributed by atoms with Crippen LogP contribution < -0.4 is 0 Å². The highest BCUT2D eigenvalue weighted by molar-refractivity contribution is 7.55. The first-order valence-electron chi connectivity index (χ1n) is 9.47. The average Bonchev–Trinajstić information content (AvgIpc) is 2.62. The van der Waals surface area contributed by atoms with E-state index in [1.165, 1.54) is 6.07 Å². The van der Waals surface area contributed by atoms with Crippen LogP contribution in [0.25, 0.3) is 0 Å². The Morgan fingerprint density at radius 2 is 1.81 bits per heavy atom. The number of carbonyl (C=O) groups is 1. The first-order valence-corrected chi connectivity index (χ1v) is 11.1. The molecule has 0 saturated carbocycles. The van der Waals surface area contributed by atoms with Gasteiger partial charge in [-0.25, -0.2) is 4.39 Å². The number of nitrogens with zero attached hydrogens (tertiary/aromatic N) is 1. The number of amides is 1. The van der Waals surface area contributed by atoms with Gasteiger partial charge in [0.2, 0.25) is 5.91 Å². The van der Waals surface area contributed by atoms with Crippen molar-refractivity contribution in [2.24, 2.45) is 0 Å². The molecule has 0 aliphatic carbocycles. The van der Waals surface area contributed by atoms with E-state index in [2.05, 4.69) is 0 Å². The van der Waals surface area contributed by atoms with Gasteiger partial charge in [0.1, 0.15) is 11.5 Å². The molecule has 0 spiro atoms. The highest BCUT2D eigenvalue weighted by Gasteiger charge is 2.50. The van der Waals surface area contributed by atoms with Crippen LogP contribution in [0.1, 0.15) is 57.6 Å². The summed E-state index contributed by atoms with van der Waals surface area (Å²) < 4.78 is 38.5. The van der Waals surface area contributed by atoms with Crippen LogP contribution in [-0.4, -0.2) is 35.7 Å². The minimum atomic E-state index is -3.53. The molecule has 7 heteroatoms. The van der Waals surface area contributed by atoms with E-state index in [-0.39, 0.29) is 37.0 Å². The molecule has 3 rings (SSSR count). The van der Waals surface area contributed by atoms with Crippen molar-refractivity contribution in [3.05, 3.63) is 35.6 Å². The van der Waals surface area contributed by atoms with Crippen LogP contribution in [0.5, 0.6) is 0 Å². The zero-order valence-corrected chi connectivity index (χ0v) is 16.3. The van der Waals surface area contributed by atoms with Gasteiger partial charge in [-0.05, 0) is 52.0 Å². The predicted molar refractivity (Wildman–Crippen MR) is 97.5 cm³/mol. The summed E-state index contributed by atoms with van der Waals surface area (Å²) in [6.07, 6.45) is 3.79. The Bertz CT molecular complexity index is 688. The third kappa shape index (κ3) is 3.60. The third-order valence-electron chi connectivity index (χ3n) is 5.32. The fourth-order valence-corrected chi connectivity index (χ4v) is 6.29. The minimum absolute atomic E-state index is 0.0637. The number of rotatable bonds is 6. The van der Waals surface area contributed by atoms with E-state index < -0.39 is 13.3 Å². The van der Waals surface area contributed by atoms with Crippen LogP contribution in [0, 0.1) is 5.82 Å². The zero-order chi connectivity index (χ0) is 18.7. The van der Waals surface area contributed by atoms with Gasteiger partial charge in [0.25, 0.3) is 0 Å². The summed E-state index contributed by atoms with van der Waals surface area (Å²) in [6.45, 7) is 3.93. The molecule has 2 aliphatic heterocycles. The highest BCUT2D eigenvalue weighted by atomic mass is 31.2. The molecule has 0 aromatic heterocycles. The number of piperidine rings is 2. The molecule has 2 aliphatic rings. The summed E-state index contributed by atoms with van der Waals surface area (Å²) in [7, 11) is -3.53. The van der Waals surface area contributed by atoms with E-state index in [1.54, 1.807) is 36.9 Å². The molecular weight excluding hydrogens is 356 g/mol. The summed E-state index contributed by atoms with van der Waals surface area (Å²) >= 11 is 0. The molecule has 3 atom stereocenters. The lowest BCUT2D eigenvalue weighted by atomic mass is 9.85. The van der Waals surface area contributed by atoms with Crippen LogP contribution >= 0.6 is 7.60 Å². The Kier molecular flexibility index (Phi) is 6.16. The monoisotopic (exact) mass is 383 g/mol. The first-order chi connectivity index (χ1) is 12.5. The lowest BCUT2D eigenvalue weighted by molar-refractivity contribution is -0.142. The van der Waals surface area contributed by atoms with Gasteiger partial charge in [0.15, 0.2) is 0 Å². The topological polar surface area (TPSA) is 55.8 Å². The summed E-state index contributed by atoms with van der Waals surface area (Å²) in [5.74, 6) is -0.523. The second-order valence-electron chi connectivity index (χ2n) is 6.84. The number of halogens is 1. The van der Waals surface area contributed by atoms with Gasteiger partial charge in [-0.1, -0.05) is 18.2 Å². The van der Waals surface area contributed by atoms with Crippen molar-refractivity contribution in [1.29, 1.82) is 0 Å². The molecule has 144 valence electrons. The third-order valence-corrected chi connectivity index (χ3v) is 7.80. The van der Waals surface area contributed by atoms with Gasteiger partial charge in [-0.3, -0.25) is 9.36 Å². The summed E-state index contributed by atoms with van der Waals surface area (Å²) in [5, 5.41) is 0. The lowest BCUT2D eigenvalue weighted by Crippen LogP contribution is -2.53. The Balaban J connectivity index is 1.93. The van der Waals surface area contributed by atoms with Crippen molar-refractivity contribution < 1.29 is 22.8 Å². The van der Waals surface area contributed by atoms with Gasteiger partial charge in [0, 0.05) is 11.6 Å². The van der Waals surface area contributed by atoms with Crippen LogP contribution in [0.4, 0.5) is 4.39 Å². The average molecular weight is 383 g/mol. The Hall–Kier alpha value is -1.23. The minimum Gasteiger partial charge on any atom is -0.332 e. The first kappa shape index (κ1) is 19.5. The van der Waals surface area contributed by atoms with Crippen molar-refractivity contribution in [1.82, 2.24) is 4.90 Å². The molecule has 1 aromatic rings. The molecule has 0 bridgehead atoms. The van der Waals surface area contributed by atoms with Crippen molar-refractivity contribution in [2.45, 2.75) is 63.7 Å². The zero-order valence-electron chi connectivity index (χ0n) is 15.4. The standard InChI is InChI=1S/C19H27FNO4P/c1-3-24-26(23,25-4-2)18-13-12-14-8-7-11-17(21(14)19(18)22)15-9-5-6-10-16(15)20/h5-6,9-10,14,17-18H,3-4,7-8,11-13H2,1-2H3/t14-,17+,18?/m1/s1. The van der Waals surface area contributed by atoms with Crippen LogP contribution in [0.3, 0.4) is 0 Å². The molecule has 0 radical (unpaired) electrons. The molecule has 0 N–H and O–H groups in total. The highest BCUT2D eigenvalue weighted by Crippen LogP contribution is 2.57. The normalized spacial score (nSPS) is 26.7. The molecule has 1 amide bonds. The Morgan fingerprint density at radius 1 is 1.12 bits per heavy atom. The molecule has 1 unspecified atom stereocenters. The Labute approximate surface area is 154 Å². The van der Waals surface area contributed by atoms with Gasteiger partial charge >= 0.3 is 7.60 Å². The van der Waals surface area contributed by atoms with E-state index in [4.69, 9.17) is 9.05 Å². The number of fused-ring (bicyclic) bond motifs is 1. The number of benzene rings is 1. The number of hydrogen-bond donors (Lipinski definition) is 0. The molecule has 2 saturated heterocycles. The van der Waals surface area contributed by atoms with Crippen LogP contribution in [0.15, 0.2) is 24.3 Å². The summed E-state index contributed by atoms with van der Waals surface area (Å²) in [5.41, 5.74) is -0.264. The SMILES string of the molecule is CCOP(=O)(OCC)C1CC[C@H]2CCC[C@@H](c3ccccc3F)N2C1=O. The van der Waals surface area contributed by atoms with Gasteiger partial charge in [-0.15, -0.1) is 0 Å². The predicted octanol–water partition coefficient (Wildman–Crippen LogP) is 4.68. The van der Waals surface area contributed by atoms with Crippen LogP contribution in [-0.2, 0) is 18.4 Å². The maximum absolute atomic E-state index is 14.4. The maximum atomic E-state index is 14.4. The molecule has 2 fully saturated rings. The van der Waals surface area contributed by atoms with Crippen molar-refractivity contribution >= 4 is 13.5 Å². The molecule has 2 heterocycles. The van der Waals surface area contributed by atoms with Crippen LogP contribution in [0.2, 0.25) is 0 Å². The van der Waals surface area contributed by atoms with E-state index in [0.29, 0.717) is 18.4 Å². The molecule has 5 nitrogen and oxygen atoms in total. The molecule has 1 aromatic carbocycles. The van der Waals surface area contributed by atoms with E-state index >= 15 is 0 Å². The van der Waals surface area contributed by atoms with E-state index in [9.17, 15) is 13.8 Å². The smallest absolute Gasteiger partial charge is 0.332 e.